The summed E-state index contributed by atoms with van der Waals surface area (Å²) in [7, 11) is -1.84. The summed E-state index contributed by atoms with van der Waals surface area (Å²) < 4.78 is 11.8. The van der Waals surface area contributed by atoms with Gasteiger partial charge in [-0.25, -0.2) is 0 Å². The fourth-order valence-electron chi connectivity index (χ4n) is 3.39. The van der Waals surface area contributed by atoms with Crippen LogP contribution in [0.25, 0.3) is 0 Å². The molecule has 0 bridgehead atoms. The molecule has 1 N–H and O–H groups in total. The summed E-state index contributed by atoms with van der Waals surface area (Å²) in [6.45, 7) is 14.1. The largest absolute Gasteiger partial charge is 0.413 e. The Morgan fingerprint density at radius 2 is 1.63 bits per heavy atom. The van der Waals surface area contributed by atoms with Gasteiger partial charge in [-0.15, -0.1) is 6.42 Å². The van der Waals surface area contributed by atoms with Gasteiger partial charge >= 0.3 is 0 Å². The van der Waals surface area contributed by atoms with Crippen LogP contribution in [0, 0.1) is 12.3 Å². The monoisotopic (exact) mass is 284 g/mol. The van der Waals surface area contributed by atoms with E-state index < -0.39 is 14.4 Å². The van der Waals surface area contributed by atoms with Crippen molar-refractivity contribution >= 4 is 8.32 Å². The molecule has 0 aromatic carbocycles. The maximum Gasteiger partial charge on any atom is 0.200 e. The van der Waals surface area contributed by atoms with E-state index in [4.69, 9.17) is 15.6 Å². The number of hydrogen-bond donors (Lipinski definition) is 1. The van der Waals surface area contributed by atoms with Crippen molar-refractivity contribution < 1.29 is 14.3 Å². The Hall–Kier alpha value is -0.343. The third-order valence-electron chi connectivity index (χ3n) is 4.31. The summed E-state index contributed by atoms with van der Waals surface area (Å²) in [4.78, 5) is 0. The van der Waals surface area contributed by atoms with Crippen LogP contribution in [0.15, 0.2) is 0 Å². The molecule has 0 saturated carbocycles. The van der Waals surface area contributed by atoms with E-state index in [0.717, 1.165) is 0 Å². The maximum absolute atomic E-state index is 9.52. The molecule has 1 heterocycles. The Balaban J connectivity index is 2.64. The highest BCUT2D eigenvalue weighted by molar-refractivity contribution is 6.77. The quantitative estimate of drug-likeness (QED) is 0.444. The third kappa shape index (κ3) is 3.40. The second kappa shape index (κ2) is 6.40. The average Bonchev–Trinajstić information content (AvgIpc) is 3.07. The lowest BCUT2D eigenvalue weighted by Crippen LogP contribution is -2.48. The molecule has 1 unspecified atom stereocenters. The normalized spacial score (nSPS) is 24.9. The van der Waals surface area contributed by atoms with Gasteiger partial charge in [0.25, 0.3) is 0 Å². The number of terminal acetylenes is 1. The van der Waals surface area contributed by atoms with Crippen molar-refractivity contribution in [3.05, 3.63) is 0 Å². The number of hydrogen-bond acceptors (Lipinski definition) is 3. The number of aliphatic hydroxyl groups excluding tert-OH is 1. The predicted octanol–water partition coefficient (Wildman–Crippen LogP) is 2.94. The van der Waals surface area contributed by atoms with Crippen LogP contribution in [0.3, 0.4) is 0 Å². The Kier molecular flexibility index (Phi) is 5.63. The molecular formula is C15H28O3Si. The van der Waals surface area contributed by atoms with Crippen molar-refractivity contribution in [3.8, 4) is 12.3 Å². The Bertz CT molecular complexity index is 311. The number of aliphatic hydroxyl groups is 1. The number of epoxide rings is 1. The molecule has 0 aromatic rings. The van der Waals surface area contributed by atoms with E-state index in [-0.39, 0.29) is 12.2 Å². The Morgan fingerprint density at radius 3 is 2.00 bits per heavy atom. The number of rotatable bonds is 7. The van der Waals surface area contributed by atoms with Crippen LogP contribution < -0.4 is 0 Å². The average molecular weight is 284 g/mol. The van der Waals surface area contributed by atoms with Crippen LogP contribution in [0.4, 0.5) is 0 Å². The highest BCUT2D eigenvalue weighted by Crippen LogP contribution is 2.43. The molecule has 1 fully saturated rings. The first-order valence-corrected chi connectivity index (χ1v) is 9.35. The number of ether oxygens (including phenoxy) is 1. The summed E-state index contributed by atoms with van der Waals surface area (Å²) in [5.74, 6) is 2.31. The van der Waals surface area contributed by atoms with Gasteiger partial charge < -0.3 is 14.3 Å². The molecule has 0 amide bonds. The lowest BCUT2D eigenvalue weighted by molar-refractivity contribution is 0.184. The van der Waals surface area contributed by atoms with Gasteiger partial charge in [-0.05, 0) is 16.6 Å². The molecule has 4 heteroatoms. The highest BCUT2D eigenvalue weighted by Gasteiger charge is 2.49. The van der Waals surface area contributed by atoms with Gasteiger partial charge in [-0.1, -0.05) is 47.5 Å². The minimum absolute atomic E-state index is 0.0332. The van der Waals surface area contributed by atoms with Crippen molar-refractivity contribution in [2.75, 3.05) is 6.61 Å². The predicted molar refractivity (Wildman–Crippen MR) is 80.5 cm³/mol. The first kappa shape index (κ1) is 16.7. The maximum atomic E-state index is 9.52. The van der Waals surface area contributed by atoms with Gasteiger partial charge in [0.1, 0.15) is 18.3 Å². The van der Waals surface area contributed by atoms with E-state index in [0.29, 0.717) is 23.2 Å². The molecule has 1 rings (SSSR count). The van der Waals surface area contributed by atoms with Crippen molar-refractivity contribution in [2.24, 2.45) is 0 Å². The smallest absolute Gasteiger partial charge is 0.200 e. The van der Waals surface area contributed by atoms with Crippen LogP contribution >= 0.6 is 0 Å². The molecule has 3 nitrogen and oxygen atoms in total. The van der Waals surface area contributed by atoms with Crippen molar-refractivity contribution in [1.29, 1.82) is 0 Å². The Morgan fingerprint density at radius 1 is 1.16 bits per heavy atom. The summed E-state index contributed by atoms with van der Waals surface area (Å²) in [5.41, 5.74) is 1.67. The summed E-state index contributed by atoms with van der Waals surface area (Å²) in [5, 5.41) is 9.52. The van der Waals surface area contributed by atoms with E-state index in [9.17, 15) is 5.11 Å². The zero-order valence-electron chi connectivity index (χ0n) is 13.0. The molecule has 1 saturated heterocycles. The van der Waals surface area contributed by atoms with Crippen LogP contribution in [-0.4, -0.2) is 38.3 Å². The second-order valence-electron chi connectivity index (χ2n) is 6.38. The van der Waals surface area contributed by atoms with Gasteiger partial charge in [-0.3, -0.25) is 0 Å². The minimum Gasteiger partial charge on any atom is -0.413 e. The van der Waals surface area contributed by atoms with E-state index in [2.05, 4.69) is 47.5 Å². The first-order chi connectivity index (χ1) is 8.77. The Labute approximate surface area is 118 Å². The molecule has 110 valence electrons. The van der Waals surface area contributed by atoms with Gasteiger partial charge in [0.05, 0.1) is 6.61 Å². The molecule has 1 aliphatic rings. The summed E-state index contributed by atoms with van der Waals surface area (Å²) >= 11 is 0. The zero-order valence-corrected chi connectivity index (χ0v) is 14.0. The molecule has 19 heavy (non-hydrogen) atoms. The lowest BCUT2D eigenvalue weighted by Gasteiger charge is -2.42. The summed E-state index contributed by atoms with van der Waals surface area (Å²) in [6, 6.07) is 0. The zero-order chi connectivity index (χ0) is 14.8. The van der Waals surface area contributed by atoms with Crippen LogP contribution in [0.2, 0.25) is 16.6 Å². The third-order valence-corrected chi connectivity index (χ3v) is 10.4. The van der Waals surface area contributed by atoms with E-state index >= 15 is 0 Å². The van der Waals surface area contributed by atoms with E-state index in [1.807, 2.05) is 0 Å². The fraction of sp³-hybridized carbons (Fsp3) is 0.867. The molecule has 0 aliphatic carbocycles. The topological polar surface area (TPSA) is 42.0 Å². The molecule has 0 spiro atoms. The van der Waals surface area contributed by atoms with E-state index in [1.54, 1.807) is 0 Å². The standard InChI is InChI=1S/C15H28O3Si/c1-8-13(16)15-14(18-15)9-17-19(10(2)3,11(4)5)12(6)7/h1,10-16H,9H2,2-7H3/t13-,14+,15?/m0/s1. The van der Waals surface area contributed by atoms with Crippen molar-refractivity contribution in [1.82, 2.24) is 0 Å². The van der Waals surface area contributed by atoms with Crippen LogP contribution in [-0.2, 0) is 9.16 Å². The van der Waals surface area contributed by atoms with Crippen molar-refractivity contribution in [3.63, 3.8) is 0 Å². The minimum atomic E-state index is -1.84. The van der Waals surface area contributed by atoms with Gasteiger partial charge in [0, 0.05) is 0 Å². The SMILES string of the molecule is C#C[C@H](O)C1O[C@@H]1CO[Si](C(C)C)(C(C)C)C(C)C. The van der Waals surface area contributed by atoms with Crippen molar-refractivity contribution in [2.45, 2.75) is 76.5 Å². The molecule has 3 atom stereocenters. The van der Waals surface area contributed by atoms with Crippen LogP contribution in [0.1, 0.15) is 41.5 Å². The second-order valence-corrected chi connectivity index (χ2v) is 11.8. The molecule has 1 aliphatic heterocycles. The lowest BCUT2D eigenvalue weighted by atomic mass is 10.2. The van der Waals surface area contributed by atoms with Crippen LogP contribution in [0.5, 0.6) is 0 Å². The van der Waals surface area contributed by atoms with Gasteiger partial charge in [0.2, 0.25) is 0 Å². The van der Waals surface area contributed by atoms with Gasteiger partial charge in [0.15, 0.2) is 8.32 Å². The van der Waals surface area contributed by atoms with Gasteiger partial charge in [-0.2, -0.15) is 0 Å². The molecule has 0 radical (unpaired) electrons. The molecular weight excluding hydrogens is 256 g/mol. The fourth-order valence-corrected chi connectivity index (χ4v) is 8.84. The highest BCUT2D eigenvalue weighted by atomic mass is 28.4. The van der Waals surface area contributed by atoms with E-state index in [1.165, 1.54) is 0 Å². The summed E-state index contributed by atoms with van der Waals surface area (Å²) in [6.07, 6.45) is 4.12. The first-order valence-electron chi connectivity index (χ1n) is 7.20. The molecule has 0 aromatic heterocycles.